The number of hydrogen-bond donors (Lipinski definition) is 2. The minimum atomic E-state index is -0.951. The standard InChI is InChI=1S/C30H34FN3O5/c1-21-7-3-8-22(28(21)29(35)36)20-39-27-13-5-12-26(18-27)38-16-15-34(2,25-11-6-14-32-19-25)30(37)33-24-10-4-9-23(31)17-24/h3-4,6-11,14,17,19,26-27H,5,12-13,15-16,18,20H2,1-2H3,(H-,33,35,36,37)/p+1/t26-,27+,34?/m0/s1. The van der Waals surface area contributed by atoms with Crippen molar-refractivity contribution in [3.8, 4) is 0 Å². The number of hydrogen-bond acceptors (Lipinski definition) is 5. The molecule has 0 radical (unpaired) electrons. The van der Waals surface area contributed by atoms with Gasteiger partial charge in [0, 0.05) is 18.0 Å². The number of aromatic nitrogens is 1. The second-order valence-corrected chi connectivity index (χ2v) is 10.1. The number of carbonyl (C=O) groups is 2. The van der Waals surface area contributed by atoms with E-state index in [0.717, 1.165) is 19.3 Å². The van der Waals surface area contributed by atoms with E-state index in [1.165, 1.54) is 12.1 Å². The number of anilines is 1. The number of quaternary nitrogens is 1. The van der Waals surface area contributed by atoms with Gasteiger partial charge in [0.05, 0.1) is 44.2 Å². The third-order valence-corrected chi connectivity index (χ3v) is 7.26. The molecule has 0 saturated heterocycles. The van der Waals surface area contributed by atoms with Crippen LogP contribution in [0.25, 0.3) is 0 Å². The fraction of sp³-hybridized carbons (Fsp3) is 0.367. The van der Waals surface area contributed by atoms with E-state index < -0.39 is 11.8 Å². The van der Waals surface area contributed by atoms with Crippen LogP contribution >= 0.6 is 0 Å². The number of pyridine rings is 1. The van der Waals surface area contributed by atoms with Gasteiger partial charge in [0.2, 0.25) is 0 Å². The summed E-state index contributed by atoms with van der Waals surface area (Å²) >= 11 is 0. The van der Waals surface area contributed by atoms with E-state index in [9.17, 15) is 19.1 Å². The lowest BCUT2D eigenvalue weighted by molar-refractivity contribution is -0.0515. The number of ether oxygens (including phenoxy) is 2. The molecule has 4 rings (SSSR count). The van der Waals surface area contributed by atoms with Gasteiger partial charge in [-0.25, -0.2) is 18.5 Å². The van der Waals surface area contributed by atoms with Gasteiger partial charge in [-0.05, 0) is 68.0 Å². The molecule has 1 aliphatic rings. The molecule has 1 fully saturated rings. The summed E-state index contributed by atoms with van der Waals surface area (Å²) in [6, 6.07) is 14.5. The van der Waals surface area contributed by atoms with Crippen LogP contribution in [0.3, 0.4) is 0 Å². The number of urea groups is 1. The molecule has 1 aliphatic carbocycles. The van der Waals surface area contributed by atoms with E-state index in [-0.39, 0.29) is 29.3 Å². The number of aromatic carboxylic acids is 1. The summed E-state index contributed by atoms with van der Waals surface area (Å²) in [5.74, 6) is -1.38. The average Bonchev–Trinajstić information content (AvgIpc) is 2.92. The molecule has 8 nitrogen and oxygen atoms in total. The first kappa shape index (κ1) is 28.4. The van der Waals surface area contributed by atoms with Crippen LogP contribution in [-0.4, -0.2) is 54.5 Å². The zero-order valence-corrected chi connectivity index (χ0v) is 22.3. The van der Waals surface area contributed by atoms with E-state index in [1.54, 1.807) is 56.7 Å². The van der Waals surface area contributed by atoms with Gasteiger partial charge in [0.1, 0.15) is 12.4 Å². The van der Waals surface area contributed by atoms with Gasteiger partial charge in [0.15, 0.2) is 5.69 Å². The van der Waals surface area contributed by atoms with Gasteiger partial charge in [-0.3, -0.25) is 10.3 Å². The molecule has 1 unspecified atom stereocenters. The van der Waals surface area contributed by atoms with Crippen molar-refractivity contribution in [1.82, 2.24) is 9.47 Å². The minimum absolute atomic E-state index is 0.0335. The average molecular weight is 537 g/mol. The third kappa shape index (κ3) is 7.26. The van der Waals surface area contributed by atoms with Crippen molar-refractivity contribution in [2.75, 3.05) is 25.5 Å². The summed E-state index contributed by atoms with van der Waals surface area (Å²) in [6.07, 6.45) is 6.61. The SMILES string of the molecule is Cc1cccc(CO[C@@H]2CCC[C@H](OCC[N+](C)(C(=O)Nc3cccc(F)c3)c3cccnc3)C2)c1C(=O)O. The van der Waals surface area contributed by atoms with Gasteiger partial charge in [0.25, 0.3) is 0 Å². The number of benzene rings is 2. The summed E-state index contributed by atoms with van der Waals surface area (Å²) < 4.78 is 25.9. The molecule has 1 aromatic heterocycles. The lowest BCUT2D eigenvalue weighted by Crippen LogP contribution is -2.55. The first-order valence-electron chi connectivity index (χ1n) is 13.1. The number of carboxylic acids is 1. The molecule has 2 N–H and O–H groups in total. The number of amides is 2. The van der Waals surface area contributed by atoms with Gasteiger partial charge in [-0.15, -0.1) is 0 Å². The van der Waals surface area contributed by atoms with Crippen molar-refractivity contribution in [2.45, 2.75) is 51.4 Å². The number of rotatable bonds is 10. The molecule has 2 amide bonds. The van der Waals surface area contributed by atoms with Crippen molar-refractivity contribution < 1.29 is 28.6 Å². The Balaban J connectivity index is 1.36. The Kier molecular flexibility index (Phi) is 9.40. The predicted octanol–water partition coefficient (Wildman–Crippen LogP) is 5.94. The molecule has 3 aromatic rings. The van der Waals surface area contributed by atoms with Crippen LogP contribution in [0.4, 0.5) is 20.6 Å². The lowest BCUT2D eigenvalue weighted by Gasteiger charge is -2.33. The zero-order valence-electron chi connectivity index (χ0n) is 22.3. The highest BCUT2D eigenvalue weighted by molar-refractivity contribution is 5.97. The number of carboxylic acid groups (broad SMARTS) is 1. The fourth-order valence-corrected chi connectivity index (χ4v) is 4.98. The number of likely N-dealkylation sites (N-methyl/N-ethyl adjacent to an activating group) is 1. The Bertz CT molecular complexity index is 1290. The smallest absolute Gasteiger partial charge is 0.425 e. The molecule has 9 heteroatoms. The Morgan fingerprint density at radius 2 is 1.87 bits per heavy atom. The van der Waals surface area contributed by atoms with E-state index in [0.29, 0.717) is 47.6 Å². The monoisotopic (exact) mass is 536 g/mol. The van der Waals surface area contributed by atoms with Crippen molar-refractivity contribution in [2.24, 2.45) is 0 Å². The Morgan fingerprint density at radius 1 is 1.10 bits per heavy atom. The number of halogens is 1. The summed E-state index contributed by atoms with van der Waals surface area (Å²) in [7, 11) is 1.78. The van der Waals surface area contributed by atoms with E-state index >= 15 is 0 Å². The van der Waals surface area contributed by atoms with Crippen molar-refractivity contribution in [1.29, 1.82) is 0 Å². The van der Waals surface area contributed by atoms with Gasteiger partial charge in [-0.1, -0.05) is 24.3 Å². The topological polar surface area (TPSA) is 97.8 Å². The molecule has 3 atom stereocenters. The Labute approximate surface area is 228 Å². The van der Waals surface area contributed by atoms with E-state index in [2.05, 4.69) is 10.3 Å². The van der Waals surface area contributed by atoms with Crippen LogP contribution in [0.5, 0.6) is 0 Å². The molecule has 0 spiro atoms. The molecular formula is C30H35FN3O5+. The molecule has 39 heavy (non-hydrogen) atoms. The van der Waals surface area contributed by atoms with Crippen LogP contribution in [0.2, 0.25) is 0 Å². The van der Waals surface area contributed by atoms with Crippen LogP contribution in [0.15, 0.2) is 67.0 Å². The van der Waals surface area contributed by atoms with E-state index in [1.807, 2.05) is 12.1 Å². The number of nitrogens with one attached hydrogen (secondary N) is 1. The lowest BCUT2D eigenvalue weighted by atomic mass is 9.94. The number of aryl methyl sites for hydroxylation is 1. The summed E-state index contributed by atoms with van der Waals surface area (Å²) in [6.45, 7) is 2.69. The fourth-order valence-electron chi connectivity index (χ4n) is 4.98. The summed E-state index contributed by atoms with van der Waals surface area (Å²) in [5.41, 5.74) is 2.74. The largest absolute Gasteiger partial charge is 0.478 e. The maximum absolute atomic E-state index is 13.7. The number of carbonyl (C=O) groups excluding carboxylic acids is 1. The third-order valence-electron chi connectivity index (χ3n) is 7.26. The second-order valence-electron chi connectivity index (χ2n) is 10.1. The molecule has 2 aromatic carbocycles. The van der Waals surface area contributed by atoms with Crippen LogP contribution in [-0.2, 0) is 16.1 Å². The molecule has 206 valence electrons. The highest BCUT2D eigenvalue weighted by Gasteiger charge is 2.36. The first-order valence-corrected chi connectivity index (χ1v) is 13.1. The van der Waals surface area contributed by atoms with Gasteiger partial charge in [-0.2, -0.15) is 0 Å². The normalized spacial score (nSPS) is 18.7. The molecule has 0 aliphatic heterocycles. The predicted molar refractivity (Wildman–Crippen MR) is 147 cm³/mol. The maximum atomic E-state index is 13.7. The quantitative estimate of drug-likeness (QED) is 0.311. The van der Waals surface area contributed by atoms with Crippen LogP contribution < -0.4 is 9.80 Å². The van der Waals surface area contributed by atoms with Crippen molar-refractivity contribution >= 4 is 23.4 Å². The van der Waals surface area contributed by atoms with E-state index in [4.69, 9.17) is 9.47 Å². The molecule has 0 bridgehead atoms. The van der Waals surface area contributed by atoms with Gasteiger partial charge >= 0.3 is 12.0 Å². The summed E-state index contributed by atoms with van der Waals surface area (Å²) in [5, 5.41) is 12.4. The number of nitrogens with zero attached hydrogens (tertiary/aromatic N) is 2. The molecule has 1 saturated carbocycles. The van der Waals surface area contributed by atoms with Crippen molar-refractivity contribution in [3.63, 3.8) is 0 Å². The summed E-state index contributed by atoms with van der Waals surface area (Å²) in [4.78, 5) is 29.3. The highest BCUT2D eigenvalue weighted by Crippen LogP contribution is 2.27. The Morgan fingerprint density at radius 3 is 2.59 bits per heavy atom. The maximum Gasteiger partial charge on any atom is 0.425 e. The Hall–Kier alpha value is -3.66. The molecular weight excluding hydrogens is 501 g/mol. The minimum Gasteiger partial charge on any atom is -0.478 e. The molecule has 1 heterocycles. The zero-order chi connectivity index (χ0) is 27.8. The van der Waals surface area contributed by atoms with Gasteiger partial charge < -0.3 is 14.6 Å². The first-order chi connectivity index (χ1) is 18.8. The second kappa shape index (κ2) is 12.9. The van der Waals surface area contributed by atoms with Crippen LogP contribution in [0.1, 0.15) is 47.2 Å². The van der Waals surface area contributed by atoms with Crippen LogP contribution in [0, 0.1) is 12.7 Å². The van der Waals surface area contributed by atoms with Crippen molar-refractivity contribution in [3.05, 3.63) is 89.5 Å². The highest BCUT2D eigenvalue weighted by atomic mass is 19.1.